The van der Waals surface area contributed by atoms with Gasteiger partial charge in [-0.25, -0.2) is 0 Å². The number of non-ortho nitro benzene ring substituents is 3. The van der Waals surface area contributed by atoms with E-state index in [1.54, 1.807) is 41.5 Å². The molecule has 0 saturated heterocycles. The Morgan fingerprint density at radius 2 is 0.697 bits per heavy atom. The molecule has 0 amide bonds. The molecular formula is C45H51N9O12. The highest BCUT2D eigenvalue weighted by Gasteiger charge is 2.29. The fourth-order valence-corrected chi connectivity index (χ4v) is 6.04. The van der Waals surface area contributed by atoms with Gasteiger partial charge >= 0.3 is 0 Å². The van der Waals surface area contributed by atoms with Crippen molar-refractivity contribution in [1.82, 2.24) is 0 Å². The van der Waals surface area contributed by atoms with E-state index in [1.165, 1.54) is 57.6 Å². The van der Waals surface area contributed by atoms with Crippen molar-refractivity contribution in [2.24, 2.45) is 30.0 Å². The molecule has 0 aromatic heterocycles. The van der Waals surface area contributed by atoms with Crippen molar-refractivity contribution in [3.05, 3.63) is 118 Å². The van der Waals surface area contributed by atoms with E-state index < -0.39 is 48.6 Å². The molecule has 21 heteroatoms. The summed E-state index contributed by atoms with van der Waals surface area (Å²) in [5.74, 6) is -2.46. The van der Waals surface area contributed by atoms with E-state index in [9.17, 15) is 61.0 Å². The van der Waals surface area contributed by atoms with Crippen molar-refractivity contribution in [1.29, 1.82) is 0 Å². The third kappa shape index (κ3) is 12.8. The van der Waals surface area contributed by atoms with Crippen LogP contribution in [0.5, 0.6) is 34.5 Å². The molecule has 4 rings (SSSR count). The second kappa shape index (κ2) is 20.2. The minimum Gasteiger partial charge on any atom is -0.507 e. The SMILES string of the molecule is CC(=NCC(C)(C)N=Cc1cc([N+](=O)[O-])ccc1O)c1c(O)c(C(C)=NCC(C)(C)N=Cc2cc([N+](=O)[O-])ccc2O)c(O)c(C(C)=NCC(C)(C)N=Cc2cc([N+](=O)[O-])ccc2O)c1O. The predicted octanol–water partition coefficient (Wildman–Crippen LogP) is 7.76. The zero-order valence-corrected chi connectivity index (χ0v) is 37.7. The number of aliphatic imine (C=N–C) groups is 6. The van der Waals surface area contributed by atoms with Crippen molar-refractivity contribution in [2.45, 2.75) is 78.9 Å². The summed E-state index contributed by atoms with van der Waals surface area (Å²) in [7, 11) is 0. The average molecular weight is 910 g/mol. The van der Waals surface area contributed by atoms with Crippen LogP contribution in [0.2, 0.25) is 0 Å². The van der Waals surface area contributed by atoms with Crippen LogP contribution < -0.4 is 0 Å². The summed E-state index contributed by atoms with van der Waals surface area (Å²) in [6.45, 7) is 14.5. The first-order chi connectivity index (χ1) is 30.6. The highest BCUT2D eigenvalue weighted by Crippen LogP contribution is 2.43. The predicted molar refractivity (Wildman–Crippen MR) is 252 cm³/mol. The van der Waals surface area contributed by atoms with Gasteiger partial charge in [-0.2, -0.15) is 0 Å². The van der Waals surface area contributed by atoms with E-state index in [-0.39, 0.29) is 104 Å². The lowest BCUT2D eigenvalue weighted by molar-refractivity contribution is -0.385. The van der Waals surface area contributed by atoms with Crippen LogP contribution in [0.3, 0.4) is 0 Å². The number of phenols is 6. The van der Waals surface area contributed by atoms with Gasteiger partial charge in [0.1, 0.15) is 34.5 Å². The van der Waals surface area contributed by atoms with E-state index in [0.717, 1.165) is 36.4 Å². The van der Waals surface area contributed by atoms with Crippen LogP contribution >= 0.6 is 0 Å². The number of nitrogens with zero attached hydrogens (tertiary/aromatic N) is 9. The monoisotopic (exact) mass is 909 g/mol. The number of phenolic OH excluding ortho intramolecular Hbond substituents is 6. The number of nitro benzene ring substituents is 3. The van der Waals surface area contributed by atoms with Crippen LogP contribution in [0.15, 0.2) is 84.6 Å². The Labute approximate surface area is 378 Å². The summed E-state index contributed by atoms with van der Waals surface area (Å²) in [5, 5.41) is 100. The van der Waals surface area contributed by atoms with Gasteiger partial charge in [0.15, 0.2) is 0 Å². The van der Waals surface area contributed by atoms with Gasteiger partial charge in [-0.05, 0) is 80.5 Å². The number of hydrogen-bond donors (Lipinski definition) is 6. The minimum absolute atomic E-state index is 0.0613. The quantitative estimate of drug-likeness (QED) is 0.0317. The molecule has 0 aliphatic rings. The van der Waals surface area contributed by atoms with Gasteiger partial charge in [-0.15, -0.1) is 0 Å². The van der Waals surface area contributed by atoms with Crippen LogP contribution in [0, 0.1) is 30.3 Å². The molecule has 0 unspecified atom stereocenters. The lowest BCUT2D eigenvalue weighted by atomic mass is 9.93. The zero-order chi connectivity index (χ0) is 49.5. The standard InChI is InChI=1S/C45H51N9O12/c1-25(46-22-43(4,5)49-19-28-16-31(52(61)62)10-13-34(28)55)37-40(58)38(26(2)47-23-44(6,7)50-20-29-17-32(53(63)64)11-14-35(29)56)42(60)39(41(37)59)27(3)48-24-45(8,9)51-21-30-18-33(54(65)66)12-15-36(30)57/h10-21,55-60H,22-24H2,1-9H3. The summed E-state index contributed by atoms with van der Waals surface area (Å²) in [5.41, 5.74) is -3.74. The van der Waals surface area contributed by atoms with E-state index in [2.05, 4.69) is 30.0 Å². The molecule has 0 heterocycles. The lowest BCUT2D eigenvalue weighted by Gasteiger charge is -2.22. The highest BCUT2D eigenvalue weighted by atomic mass is 16.6. The summed E-state index contributed by atoms with van der Waals surface area (Å²) in [6.07, 6.45) is 3.82. The molecule has 0 radical (unpaired) electrons. The Kier molecular flexibility index (Phi) is 15.4. The Hall–Kier alpha value is -8.10. The first kappa shape index (κ1) is 50.5. The highest BCUT2D eigenvalue weighted by molar-refractivity contribution is 6.16. The van der Waals surface area contributed by atoms with Gasteiger partial charge in [0.05, 0.1) is 67.7 Å². The van der Waals surface area contributed by atoms with Gasteiger partial charge in [0, 0.05) is 88.9 Å². The van der Waals surface area contributed by atoms with Crippen molar-refractivity contribution in [2.75, 3.05) is 19.6 Å². The van der Waals surface area contributed by atoms with Crippen LogP contribution in [0.25, 0.3) is 0 Å². The summed E-state index contributed by atoms with van der Waals surface area (Å²) < 4.78 is 0. The molecule has 0 atom stereocenters. The number of aromatic hydroxyl groups is 6. The van der Waals surface area contributed by atoms with Crippen molar-refractivity contribution >= 4 is 52.8 Å². The zero-order valence-electron chi connectivity index (χ0n) is 37.7. The second-order valence-electron chi connectivity index (χ2n) is 17.1. The third-order valence-electron chi connectivity index (χ3n) is 9.94. The fourth-order valence-electron chi connectivity index (χ4n) is 6.04. The summed E-state index contributed by atoms with van der Waals surface area (Å²) in [4.78, 5) is 59.3. The van der Waals surface area contributed by atoms with E-state index in [0.29, 0.717) is 0 Å². The summed E-state index contributed by atoms with van der Waals surface area (Å²) >= 11 is 0. The molecule has 4 aromatic rings. The van der Waals surface area contributed by atoms with Crippen LogP contribution in [0.1, 0.15) is 95.7 Å². The molecule has 6 N–H and O–H groups in total. The minimum atomic E-state index is -0.998. The number of rotatable bonds is 18. The molecule has 0 spiro atoms. The van der Waals surface area contributed by atoms with E-state index >= 15 is 0 Å². The Morgan fingerprint density at radius 3 is 0.909 bits per heavy atom. The van der Waals surface area contributed by atoms with Crippen molar-refractivity contribution in [3.63, 3.8) is 0 Å². The van der Waals surface area contributed by atoms with Crippen LogP contribution in [0.4, 0.5) is 17.1 Å². The van der Waals surface area contributed by atoms with Crippen molar-refractivity contribution < 1.29 is 45.4 Å². The van der Waals surface area contributed by atoms with Gasteiger partial charge in [0.25, 0.3) is 17.1 Å². The third-order valence-corrected chi connectivity index (χ3v) is 9.94. The molecule has 0 fully saturated rings. The van der Waals surface area contributed by atoms with Crippen LogP contribution in [-0.2, 0) is 0 Å². The van der Waals surface area contributed by atoms with E-state index in [4.69, 9.17) is 0 Å². The maximum Gasteiger partial charge on any atom is 0.270 e. The average Bonchev–Trinajstić information content (AvgIpc) is 3.23. The molecule has 4 aromatic carbocycles. The van der Waals surface area contributed by atoms with E-state index in [1.807, 2.05) is 0 Å². The topological polar surface area (TPSA) is 325 Å². The molecule has 21 nitrogen and oxygen atoms in total. The van der Waals surface area contributed by atoms with Gasteiger partial charge < -0.3 is 30.6 Å². The summed E-state index contributed by atoms with van der Waals surface area (Å²) in [6, 6.07) is 10.5. The van der Waals surface area contributed by atoms with Gasteiger partial charge in [-0.3, -0.25) is 60.3 Å². The molecule has 0 aliphatic heterocycles. The second-order valence-corrected chi connectivity index (χ2v) is 17.1. The molecule has 348 valence electrons. The largest absolute Gasteiger partial charge is 0.507 e. The first-order valence-electron chi connectivity index (χ1n) is 20.1. The maximum atomic E-state index is 11.8. The molecule has 0 aliphatic carbocycles. The molecular weight excluding hydrogens is 859 g/mol. The normalized spacial score (nSPS) is 13.3. The van der Waals surface area contributed by atoms with Gasteiger partial charge in [0.2, 0.25) is 0 Å². The Bertz CT molecular complexity index is 2440. The number of benzene rings is 4. The maximum absolute atomic E-state index is 11.8. The smallest absolute Gasteiger partial charge is 0.270 e. The Balaban J connectivity index is 1.79. The van der Waals surface area contributed by atoms with Crippen LogP contribution in [-0.4, -0.2) is 117 Å². The fraction of sp³-hybridized carbons (Fsp3) is 0.333. The number of nitro groups is 3. The first-order valence-corrected chi connectivity index (χ1v) is 20.1. The number of hydrogen-bond acceptors (Lipinski definition) is 18. The van der Waals surface area contributed by atoms with Crippen molar-refractivity contribution in [3.8, 4) is 34.5 Å². The Morgan fingerprint density at radius 1 is 0.470 bits per heavy atom. The van der Waals surface area contributed by atoms with Gasteiger partial charge in [-0.1, -0.05) is 0 Å². The molecule has 66 heavy (non-hydrogen) atoms. The lowest BCUT2D eigenvalue weighted by Crippen LogP contribution is -2.23. The molecule has 0 saturated carbocycles. The molecule has 0 bridgehead atoms.